The molecule has 6 heteroatoms. The van der Waals surface area contributed by atoms with Crippen molar-refractivity contribution in [2.24, 2.45) is 11.1 Å². The standard InChI is InChI=1S/C14H23N3O2S/c1-10-5-3-2-4-6-14(10)17-12-7-11(15)8-13(9-12)20(16,18)19/h7-10,14,17H,2-6,15H2,1H3,(H2,16,18,19). The molecule has 1 aromatic rings. The maximum Gasteiger partial charge on any atom is 0.238 e. The van der Waals surface area contributed by atoms with Crippen molar-refractivity contribution in [3.63, 3.8) is 0 Å². The lowest BCUT2D eigenvalue weighted by atomic mass is 9.96. The molecule has 0 aliphatic heterocycles. The largest absolute Gasteiger partial charge is 0.399 e. The third-order valence-corrected chi connectivity index (χ3v) is 4.86. The molecule has 2 rings (SSSR count). The minimum atomic E-state index is -3.73. The number of nitrogens with one attached hydrogen (secondary N) is 1. The third-order valence-electron chi connectivity index (χ3n) is 3.97. The summed E-state index contributed by atoms with van der Waals surface area (Å²) in [6.07, 6.45) is 6.02. The predicted octanol–water partition coefficient (Wildman–Crippen LogP) is 2.30. The highest BCUT2D eigenvalue weighted by atomic mass is 32.2. The van der Waals surface area contributed by atoms with Gasteiger partial charge in [0.1, 0.15) is 0 Å². The van der Waals surface area contributed by atoms with Crippen molar-refractivity contribution in [3.8, 4) is 0 Å². The van der Waals surface area contributed by atoms with Gasteiger partial charge >= 0.3 is 0 Å². The fourth-order valence-corrected chi connectivity index (χ4v) is 3.38. The van der Waals surface area contributed by atoms with Gasteiger partial charge in [-0.25, -0.2) is 13.6 Å². The molecular formula is C14H23N3O2S. The Balaban J connectivity index is 2.22. The van der Waals surface area contributed by atoms with Gasteiger partial charge in [0.05, 0.1) is 4.90 Å². The second kappa shape index (κ2) is 6.01. The van der Waals surface area contributed by atoms with Crippen LogP contribution in [0.5, 0.6) is 0 Å². The van der Waals surface area contributed by atoms with Crippen molar-refractivity contribution in [1.29, 1.82) is 0 Å². The monoisotopic (exact) mass is 297 g/mol. The summed E-state index contributed by atoms with van der Waals surface area (Å²) in [6.45, 7) is 2.23. The molecule has 2 atom stereocenters. The van der Waals surface area contributed by atoms with Crippen molar-refractivity contribution >= 4 is 21.4 Å². The smallest absolute Gasteiger partial charge is 0.238 e. The van der Waals surface area contributed by atoms with Gasteiger partial charge in [0.15, 0.2) is 0 Å². The Kier molecular flexibility index (Phi) is 4.55. The highest BCUT2D eigenvalue weighted by Gasteiger charge is 2.20. The van der Waals surface area contributed by atoms with E-state index in [2.05, 4.69) is 12.2 Å². The van der Waals surface area contributed by atoms with Crippen LogP contribution in [-0.2, 0) is 10.0 Å². The lowest BCUT2D eigenvalue weighted by Crippen LogP contribution is -2.26. The minimum absolute atomic E-state index is 0.0567. The lowest BCUT2D eigenvalue weighted by molar-refractivity contribution is 0.456. The molecule has 1 fully saturated rings. The predicted molar refractivity (Wildman–Crippen MR) is 81.9 cm³/mol. The Morgan fingerprint density at radius 3 is 2.55 bits per heavy atom. The molecule has 0 radical (unpaired) electrons. The van der Waals surface area contributed by atoms with E-state index in [-0.39, 0.29) is 4.90 Å². The van der Waals surface area contributed by atoms with Crippen LogP contribution >= 0.6 is 0 Å². The van der Waals surface area contributed by atoms with Gasteiger partial charge in [0.2, 0.25) is 10.0 Å². The topological polar surface area (TPSA) is 98.2 Å². The van der Waals surface area contributed by atoms with Crippen molar-refractivity contribution < 1.29 is 8.42 Å². The maximum atomic E-state index is 11.4. The zero-order valence-corrected chi connectivity index (χ0v) is 12.6. The van der Waals surface area contributed by atoms with Crippen LogP contribution in [0.4, 0.5) is 11.4 Å². The SMILES string of the molecule is CC1CCCCCC1Nc1cc(N)cc(S(N)(=O)=O)c1. The molecule has 1 aromatic carbocycles. The zero-order chi connectivity index (χ0) is 14.8. The number of sulfonamides is 1. The molecule has 0 amide bonds. The molecule has 0 heterocycles. The van der Waals surface area contributed by atoms with E-state index < -0.39 is 10.0 Å². The molecule has 1 saturated carbocycles. The highest BCUT2D eigenvalue weighted by molar-refractivity contribution is 7.89. The van der Waals surface area contributed by atoms with Crippen LogP contribution in [-0.4, -0.2) is 14.5 Å². The third kappa shape index (κ3) is 3.86. The van der Waals surface area contributed by atoms with E-state index in [0.717, 1.165) is 12.1 Å². The number of nitrogens with two attached hydrogens (primary N) is 2. The molecule has 5 N–H and O–H groups in total. The number of rotatable bonds is 3. The lowest BCUT2D eigenvalue weighted by Gasteiger charge is -2.24. The average molecular weight is 297 g/mol. The van der Waals surface area contributed by atoms with Crippen molar-refractivity contribution in [2.75, 3.05) is 11.1 Å². The van der Waals surface area contributed by atoms with Crippen LogP contribution in [0.1, 0.15) is 39.0 Å². The Labute approximate surface area is 120 Å². The summed E-state index contributed by atoms with van der Waals surface area (Å²) in [5.41, 5.74) is 6.90. The number of hydrogen-bond acceptors (Lipinski definition) is 4. The Hall–Kier alpha value is -1.27. The highest BCUT2D eigenvalue weighted by Crippen LogP contribution is 2.27. The summed E-state index contributed by atoms with van der Waals surface area (Å²) in [5.74, 6) is 0.567. The van der Waals surface area contributed by atoms with Gasteiger partial charge in [0, 0.05) is 17.4 Å². The Morgan fingerprint density at radius 1 is 1.15 bits per heavy atom. The first-order valence-corrected chi connectivity index (χ1v) is 8.61. The van der Waals surface area contributed by atoms with E-state index >= 15 is 0 Å². The van der Waals surface area contributed by atoms with E-state index in [4.69, 9.17) is 10.9 Å². The molecule has 0 saturated heterocycles. The van der Waals surface area contributed by atoms with Crippen molar-refractivity contribution in [3.05, 3.63) is 18.2 Å². The van der Waals surface area contributed by atoms with Crippen LogP contribution < -0.4 is 16.2 Å². The van der Waals surface area contributed by atoms with E-state index in [1.54, 1.807) is 12.1 Å². The summed E-state index contributed by atoms with van der Waals surface area (Å²) in [6, 6.07) is 5.06. The van der Waals surface area contributed by atoms with Crippen LogP contribution in [0.2, 0.25) is 0 Å². The molecule has 0 aromatic heterocycles. The maximum absolute atomic E-state index is 11.4. The second-order valence-corrected chi connectivity index (χ2v) is 7.26. The molecule has 1 aliphatic carbocycles. The molecular weight excluding hydrogens is 274 g/mol. The minimum Gasteiger partial charge on any atom is -0.399 e. The normalized spacial score (nSPS) is 24.1. The summed E-state index contributed by atoms with van der Waals surface area (Å²) >= 11 is 0. The summed E-state index contributed by atoms with van der Waals surface area (Å²) in [4.78, 5) is 0.0567. The molecule has 20 heavy (non-hydrogen) atoms. The fourth-order valence-electron chi connectivity index (χ4n) is 2.79. The fraction of sp³-hybridized carbons (Fsp3) is 0.571. The van der Waals surface area contributed by atoms with Gasteiger partial charge in [0.25, 0.3) is 0 Å². The van der Waals surface area contributed by atoms with E-state index in [1.807, 2.05) is 0 Å². The van der Waals surface area contributed by atoms with Gasteiger partial charge in [-0.2, -0.15) is 0 Å². The van der Waals surface area contributed by atoms with Crippen LogP contribution in [0, 0.1) is 5.92 Å². The first-order chi connectivity index (χ1) is 9.36. The number of benzene rings is 1. The van der Waals surface area contributed by atoms with Crippen LogP contribution in [0.15, 0.2) is 23.1 Å². The summed E-state index contributed by atoms with van der Waals surface area (Å²) in [5, 5.41) is 8.59. The van der Waals surface area contributed by atoms with E-state index in [1.165, 1.54) is 31.7 Å². The second-order valence-electron chi connectivity index (χ2n) is 5.70. The molecule has 112 valence electrons. The molecule has 1 aliphatic rings. The van der Waals surface area contributed by atoms with Crippen molar-refractivity contribution in [2.45, 2.75) is 50.0 Å². The number of hydrogen-bond donors (Lipinski definition) is 3. The van der Waals surface area contributed by atoms with Crippen molar-refractivity contribution in [1.82, 2.24) is 0 Å². The first-order valence-electron chi connectivity index (χ1n) is 7.06. The average Bonchev–Trinajstić information content (AvgIpc) is 2.53. The molecule has 0 bridgehead atoms. The quantitative estimate of drug-likeness (QED) is 0.589. The van der Waals surface area contributed by atoms with Gasteiger partial charge < -0.3 is 11.1 Å². The first kappa shape index (κ1) is 15.1. The Bertz CT molecular complexity index is 572. The summed E-state index contributed by atoms with van der Waals surface area (Å²) in [7, 11) is -3.73. The van der Waals surface area contributed by atoms with Gasteiger partial charge in [-0.05, 0) is 37.0 Å². The van der Waals surface area contributed by atoms with E-state index in [0.29, 0.717) is 17.6 Å². The Morgan fingerprint density at radius 2 is 1.85 bits per heavy atom. The van der Waals surface area contributed by atoms with Gasteiger partial charge in [-0.1, -0.05) is 26.2 Å². The van der Waals surface area contributed by atoms with Crippen LogP contribution in [0.3, 0.4) is 0 Å². The van der Waals surface area contributed by atoms with Gasteiger partial charge in [-0.15, -0.1) is 0 Å². The van der Waals surface area contributed by atoms with E-state index in [9.17, 15) is 8.42 Å². The number of anilines is 2. The zero-order valence-electron chi connectivity index (χ0n) is 11.8. The number of nitrogen functional groups attached to an aromatic ring is 1. The molecule has 0 spiro atoms. The van der Waals surface area contributed by atoms with Crippen LogP contribution in [0.25, 0.3) is 0 Å². The van der Waals surface area contributed by atoms with Gasteiger partial charge in [-0.3, -0.25) is 0 Å². The molecule has 2 unspecified atom stereocenters. The number of primary sulfonamides is 1. The molecule has 5 nitrogen and oxygen atoms in total. The summed E-state index contributed by atoms with van der Waals surface area (Å²) < 4.78 is 22.9.